The van der Waals surface area contributed by atoms with Crippen LogP contribution in [0.4, 0.5) is 20.6 Å². The van der Waals surface area contributed by atoms with Crippen molar-refractivity contribution in [2.45, 2.75) is 6.92 Å². The number of halogens is 1. The van der Waals surface area contributed by atoms with Crippen molar-refractivity contribution in [1.82, 2.24) is 0 Å². The van der Waals surface area contributed by atoms with Gasteiger partial charge in [0.2, 0.25) is 0 Å². The third kappa shape index (κ3) is 3.15. The Kier molecular flexibility index (Phi) is 3.97. The minimum absolute atomic E-state index is 0.235. The van der Waals surface area contributed by atoms with Crippen LogP contribution in [0, 0.1) is 12.7 Å². The van der Waals surface area contributed by atoms with Crippen LogP contribution in [0.3, 0.4) is 0 Å². The Balaban J connectivity index is 1.78. The van der Waals surface area contributed by atoms with E-state index in [0.717, 1.165) is 0 Å². The molecule has 118 valence electrons. The summed E-state index contributed by atoms with van der Waals surface area (Å²) in [5.74, 6) is -0.837. The lowest BCUT2D eigenvalue weighted by atomic mass is 10.1. The van der Waals surface area contributed by atoms with Gasteiger partial charge < -0.3 is 10.1 Å². The van der Waals surface area contributed by atoms with Crippen LogP contribution >= 0.6 is 0 Å². The van der Waals surface area contributed by atoms with Crippen LogP contribution in [0.15, 0.2) is 42.5 Å². The predicted molar refractivity (Wildman–Crippen MR) is 84.2 cm³/mol. The molecular weight excluding hydrogens is 299 g/mol. The molecule has 0 aromatic heterocycles. The lowest BCUT2D eigenvalue weighted by molar-refractivity contribution is 0.102. The first kappa shape index (κ1) is 15.0. The quantitative estimate of drug-likeness (QED) is 0.945. The number of aryl methyl sites for hydroxylation is 1. The highest BCUT2D eigenvalue weighted by Gasteiger charge is 2.23. The third-order valence-electron chi connectivity index (χ3n) is 3.61. The van der Waals surface area contributed by atoms with Gasteiger partial charge in [0.25, 0.3) is 5.91 Å². The number of hydrogen-bond donors (Lipinski definition) is 1. The fourth-order valence-electron chi connectivity index (χ4n) is 2.32. The van der Waals surface area contributed by atoms with E-state index in [1.165, 1.54) is 11.0 Å². The van der Waals surface area contributed by atoms with Gasteiger partial charge in [-0.25, -0.2) is 9.18 Å². The van der Waals surface area contributed by atoms with E-state index in [4.69, 9.17) is 4.74 Å². The molecule has 6 heteroatoms. The van der Waals surface area contributed by atoms with Crippen molar-refractivity contribution < 1.29 is 18.7 Å². The summed E-state index contributed by atoms with van der Waals surface area (Å²) < 4.78 is 18.4. The number of ether oxygens (including phenoxy) is 1. The zero-order valence-electron chi connectivity index (χ0n) is 12.5. The minimum atomic E-state index is -0.425. The summed E-state index contributed by atoms with van der Waals surface area (Å²) in [4.78, 5) is 25.3. The van der Waals surface area contributed by atoms with E-state index in [1.807, 2.05) is 0 Å². The van der Waals surface area contributed by atoms with E-state index in [9.17, 15) is 14.0 Å². The SMILES string of the molecule is Cc1ccc(C(=O)Nc2cccc(N3CCOC3=O)c2)cc1F. The van der Waals surface area contributed by atoms with Crippen molar-refractivity contribution in [3.05, 3.63) is 59.4 Å². The summed E-state index contributed by atoms with van der Waals surface area (Å²) in [6.45, 7) is 2.45. The summed E-state index contributed by atoms with van der Waals surface area (Å²) >= 11 is 0. The van der Waals surface area contributed by atoms with Crippen LogP contribution in [0.5, 0.6) is 0 Å². The van der Waals surface area contributed by atoms with Crippen molar-refractivity contribution in [2.75, 3.05) is 23.4 Å². The van der Waals surface area contributed by atoms with Gasteiger partial charge in [0, 0.05) is 16.9 Å². The summed E-state index contributed by atoms with van der Waals surface area (Å²) in [5.41, 5.74) is 1.88. The molecule has 2 aromatic carbocycles. The number of carbonyl (C=O) groups excluding carboxylic acids is 2. The van der Waals surface area contributed by atoms with Gasteiger partial charge in [-0.2, -0.15) is 0 Å². The van der Waals surface area contributed by atoms with Gasteiger partial charge >= 0.3 is 6.09 Å². The van der Waals surface area contributed by atoms with Gasteiger partial charge in [-0.3, -0.25) is 9.69 Å². The number of hydrogen-bond acceptors (Lipinski definition) is 3. The molecule has 0 atom stereocenters. The smallest absolute Gasteiger partial charge is 0.414 e. The molecule has 0 bridgehead atoms. The number of carbonyl (C=O) groups is 2. The lowest BCUT2D eigenvalue weighted by Crippen LogP contribution is -2.23. The normalized spacial score (nSPS) is 13.8. The zero-order chi connectivity index (χ0) is 16.4. The summed E-state index contributed by atoms with van der Waals surface area (Å²) in [5, 5.41) is 2.70. The second-order valence-electron chi connectivity index (χ2n) is 5.23. The molecule has 3 rings (SSSR count). The second-order valence-corrected chi connectivity index (χ2v) is 5.23. The molecule has 1 saturated heterocycles. The van der Waals surface area contributed by atoms with Crippen LogP contribution in [-0.2, 0) is 4.74 Å². The first-order chi connectivity index (χ1) is 11.0. The molecule has 1 fully saturated rings. The number of nitrogens with zero attached hydrogens (tertiary/aromatic N) is 1. The zero-order valence-corrected chi connectivity index (χ0v) is 12.5. The molecule has 0 unspecified atom stereocenters. The molecule has 23 heavy (non-hydrogen) atoms. The van der Waals surface area contributed by atoms with Gasteiger partial charge in [0.1, 0.15) is 12.4 Å². The van der Waals surface area contributed by atoms with Gasteiger partial charge in [-0.05, 0) is 42.8 Å². The minimum Gasteiger partial charge on any atom is -0.447 e. The Labute approximate surface area is 132 Å². The van der Waals surface area contributed by atoms with E-state index in [2.05, 4.69) is 5.32 Å². The Morgan fingerprint density at radius 1 is 1.26 bits per heavy atom. The highest BCUT2D eigenvalue weighted by Crippen LogP contribution is 2.23. The average molecular weight is 314 g/mol. The molecule has 1 aliphatic heterocycles. The van der Waals surface area contributed by atoms with Crippen molar-refractivity contribution in [2.24, 2.45) is 0 Å². The van der Waals surface area contributed by atoms with Crippen LogP contribution in [0.1, 0.15) is 15.9 Å². The van der Waals surface area contributed by atoms with Gasteiger partial charge in [0.15, 0.2) is 0 Å². The molecular formula is C17H15FN2O3. The highest BCUT2D eigenvalue weighted by molar-refractivity contribution is 6.04. The van der Waals surface area contributed by atoms with Crippen LogP contribution in [0.2, 0.25) is 0 Å². The van der Waals surface area contributed by atoms with Crippen LogP contribution in [0.25, 0.3) is 0 Å². The maximum Gasteiger partial charge on any atom is 0.414 e. The van der Waals surface area contributed by atoms with E-state index in [1.54, 1.807) is 43.3 Å². The van der Waals surface area contributed by atoms with Gasteiger partial charge in [0.05, 0.1) is 6.54 Å². The molecule has 2 aromatic rings. The largest absolute Gasteiger partial charge is 0.447 e. The fraction of sp³-hybridized carbons (Fsp3) is 0.176. The van der Waals surface area contributed by atoms with Gasteiger partial charge in [-0.15, -0.1) is 0 Å². The molecule has 1 N–H and O–H groups in total. The molecule has 0 radical (unpaired) electrons. The molecule has 0 aliphatic carbocycles. The fourth-order valence-corrected chi connectivity index (χ4v) is 2.32. The molecule has 0 saturated carbocycles. The number of anilines is 2. The first-order valence-corrected chi connectivity index (χ1v) is 7.16. The summed E-state index contributed by atoms with van der Waals surface area (Å²) in [7, 11) is 0. The standard InChI is InChI=1S/C17H15FN2O3/c1-11-5-6-12(9-15(11)18)16(21)19-13-3-2-4-14(10-13)20-7-8-23-17(20)22/h2-6,9-10H,7-8H2,1H3,(H,19,21). The Morgan fingerprint density at radius 2 is 2.09 bits per heavy atom. The van der Waals surface area contributed by atoms with Crippen molar-refractivity contribution in [3.8, 4) is 0 Å². The van der Waals surface area contributed by atoms with E-state index in [-0.39, 0.29) is 5.56 Å². The van der Waals surface area contributed by atoms with Crippen LogP contribution in [-0.4, -0.2) is 25.2 Å². The van der Waals surface area contributed by atoms with Crippen LogP contribution < -0.4 is 10.2 Å². The van der Waals surface area contributed by atoms with Crippen molar-refractivity contribution in [3.63, 3.8) is 0 Å². The van der Waals surface area contributed by atoms with E-state index < -0.39 is 17.8 Å². The highest BCUT2D eigenvalue weighted by atomic mass is 19.1. The summed E-state index contributed by atoms with van der Waals surface area (Å²) in [6.07, 6.45) is -0.408. The monoisotopic (exact) mass is 314 g/mol. The maximum atomic E-state index is 13.6. The number of rotatable bonds is 3. The number of nitrogens with one attached hydrogen (secondary N) is 1. The Bertz CT molecular complexity index is 776. The average Bonchev–Trinajstić information content (AvgIpc) is 2.96. The predicted octanol–water partition coefficient (Wildman–Crippen LogP) is 3.34. The molecule has 5 nitrogen and oxygen atoms in total. The van der Waals surface area contributed by atoms with Crippen molar-refractivity contribution >= 4 is 23.4 Å². The number of cyclic esters (lactones) is 1. The summed E-state index contributed by atoms with van der Waals surface area (Å²) in [6, 6.07) is 11.2. The van der Waals surface area contributed by atoms with E-state index >= 15 is 0 Å². The molecule has 0 spiro atoms. The third-order valence-corrected chi connectivity index (χ3v) is 3.61. The Morgan fingerprint density at radius 3 is 2.78 bits per heavy atom. The molecule has 1 heterocycles. The topological polar surface area (TPSA) is 58.6 Å². The van der Waals surface area contributed by atoms with Gasteiger partial charge in [-0.1, -0.05) is 12.1 Å². The first-order valence-electron chi connectivity index (χ1n) is 7.16. The molecule has 2 amide bonds. The Hall–Kier alpha value is -2.89. The maximum absolute atomic E-state index is 13.6. The number of amides is 2. The number of benzene rings is 2. The lowest BCUT2D eigenvalue weighted by Gasteiger charge is -2.14. The van der Waals surface area contributed by atoms with Crippen molar-refractivity contribution in [1.29, 1.82) is 0 Å². The van der Waals surface area contributed by atoms with E-state index in [0.29, 0.717) is 30.1 Å². The second kappa shape index (κ2) is 6.08. The molecule has 1 aliphatic rings.